The van der Waals surface area contributed by atoms with E-state index in [9.17, 15) is 19.2 Å². The lowest BCUT2D eigenvalue weighted by atomic mass is 10.1. The molecule has 0 bridgehead atoms. The molecule has 0 radical (unpaired) electrons. The maximum absolute atomic E-state index is 11.4. The minimum absolute atomic E-state index is 0.0532. The van der Waals surface area contributed by atoms with E-state index in [0.717, 1.165) is 0 Å². The summed E-state index contributed by atoms with van der Waals surface area (Å²) in [5.41, 5.74) is 1.35. The van der Waals surface area contributed by atoms with E-state index in [-0.39, 0.29) is 48.8 Å². The average molecular weight is 308 g/mol. The fourth-order valence-corrected chi connectivity index (χ4v) is 1.84. The van der Waals surface area contributed by atoms with E-state index in [0.29, 0.717) is 24.5 Å². The topological polar surface area (TPSA) is 93.0 Å². The van der Waals surface area contributed by atoms with Crippen molar-refractivity contribution in [3.05, 3.63) is 0 Å². The van der Waals surface area contributed by atoms with Crippen LogP contribution in [0.15, 0.2) is 9.98 Å². The summed E-state index contributed by atoms with van der Waals surface area (Å²) in [6, 6.07) is 0. The summed E-state index contributed by atoms with van der Waals surface area (Å²) >= 11 is 0. The van der Waals surface area contributed by atoms with E-state index in [4.69, 9.17) is 0 Å². The van der Waals surface area contributed by atoms with Gasteiger partial charge in [-0.3, -0.25) is 29.2 Å². The lowest BCUT2D eigenvalue weighted by Gasteiger charge is -2.00. The first-order chi connectivity index (χ1) is 10.2. The molecule has 0 aliphatic rings. The summed E-state index contributed by atoms with van der Waals surface area (Å²) in [5, 5.41) is 0. The van der Waals surface area contributed by atoms with E-state index in [2.05, 4.69) is 9.98 Å². The van der Waals surface area contributed by atoms with Crippen molar-refractivity contribution >= 4 is 34.6 Å². The van der Waals surface area contributed by atoms with Crippen LogP contribution in [0.4, 0.5) is 0 Å². The number of ketones is 4. The first-order valence-electron chi connectivity index (χ1n) is 7.22. The maximum Gasteiger partial charge on any atom is 0.145 e. The second-order valence-electron chi connectivity index (χ2n) is 5.42. The fourth-order valence-electron chi connectivity index (χ4n) is 1.84. The zero-order valence-electron chi connectivity index (χ0n) is 13.8. The number of hydrogen-bond acceptors (Lipinski definition) is 6. The van der Waals surface area contributed by atoms with Crippen molar-refractivity contribution in [1.29, 1.82) is 0 Å². The second kappa shape index (κ2) is 10.7. The maximum atomic E-state index is 11.4. The molecule has 0 heterocycles. The van der Waals surface area contributed by atoms with Crippen molar-refractivity contribution < 1.29 is 19.2 Å². The van der Waals surface area contributed by atoms with Gasteiger partial charge in [0.25, 0.3) is 0 Å². The molecule has 122 valence electrons. The van der Waals surface area contributed by atoms with Gasteiger partial charge < -0.3 is 0 Å². The van der Waals surface area contributed by atoms with Crippen LogP contribution >= 0.6 is 0 Å². The Kier molecular flexibility index (Phi) is 9.74. The van der Waals surface area contributed by atoms with Crippen LogP contribution in [-0.2, 0) is 19.2 Å². The Labute approximate surface area is 131 Å². The van der Waals surface area contributed by atoms with Crippen LogP contribution < -0.4 is 0 Å². The fraction of sp³-hybridized carbons (Fsp3) is 0.625. The zero-order valence-corrected chi connectivity index (χ0v) is 13.8. The molecule has 0 saturated carbocycles. The van der Waals surface area contributed by atoms with Gasteiger partial charge in [-0.15, -0.1) is 0 Å². The van der Waals surface area contributed by atoms with Crippen LogP contribution in [0.1, 0.15) is 53.4 Å². The van der Waals surface area contributed by atoms with Gasteiger partial charge in [0, 0.05) is 24.3 Å². The highest BCUT2D eigenvalue weighted by Gasteiger charge is 2.07. The molecule has 0 fully saturated rings. The summed E-state index contributed by atoms with van der Waals surface area (Å²) in [4.78, 5) is 52.9. The number of carbonyl (C=O) groups excluding carboxylic acids is 4. The van der Waals surface area contributed by atoms with Crippen LogP contribution in [-0.4, -0.2) is 47.6 Å². The zero-order chi connectivity index (χ0) is 17.1. The number of nitrogens with zero attached hydrogens (tertiary/aromatic N) is 2. The van der Waals surface area contributed by atoms with Crippen molar-refractivity contribution in [3.8, 4) is 0 Å². The quantitative estimate of drug-likeness (QED) is 0.330. The van der Waals surface area contributed by atoms with Crippen LogP contribution in [0.25, 0.3) is 0 Å². The highest BCUT2D eigenvalue weighted by Crippen LogP contribution is 1.97. The highest BCUT2D eigenvalue weighted by molar-refractivity contribution is 6.08. The minimum atomic E-state index is -0.145. The summed E-state index contributed by atoms with van der Waals surface area (Å²) < 4.78 is 0. The van der Waals surface area contributed by atoms with Crippen molar-refractivity contribution in [1.82, 2.24) is 0 Å². The largest absolute Gasteiger partial charge is 0.300 e. The number of Topliss-reactive ketones (excluding diaryl/α,β-unsaturated/α-hetero) is 4. The number of aliphatic imine (C=N–C) groups is 2. The van der Waals surface area contributed by atoms with Gasteiger partial charge in [0.05, 0.1) is 25.9 Å². The predicted octanol–water partition coefficient (Wildman–Crippen LogP) is 1.78. The number of carbonyl (C=O) groups is 4. The molecule has 6 heteroatoms. The molecule has 0 rings (SSSR count). The molecule has 0 N–H and O–H groups in total. The first-order valence-corrected chi connectivity index (χ1v) is 7.22. The molecule has 0 aromatic rings. The van der Waals surface area contributed by atoms with Crippen molar-refractivity contribution in [2.75, 3.05) is 13.1 Å². The molecule has 0 saturated heterocycles. The predicted molar refractivity (Wildman–Crippen MR) is 85.8 cm³/mol. The number of rotatable bonds is 11. The summed E-state index contributed by atoms with van der Waals surface area (Å²) in [7, 11) is 0. The third-order valence-corrected chi connectivity index (χ3v) is 2.66. The molecule has 0 unspecified atom stereocenters. The van der Waals surface area contributed by atoms with E-state index >= 15 is 0 Å². The van der Waals surface area contributed by atoms with Gasteiger partial charge in [-0.05, 0) is 27.7 Å². The summed E-state index contributed by atoms with van der Waals surface area (Å²) in [6.45, 7) is 7.11. The third kappa shape index (κ3) is 11.8. The molecule has 6 nitrogen and oxygen atoms in total. The smallest absolute Gasteiger partial charge is 0.145 e. The summed E-state index contributed by atoms with van der Waals surface area (Å²) in [6.07, 6.45) is 0.253. The standard InChI is InChI=1S/C16H24N2O4/c1-11(7-15(21)9-13(3)19)17-5-6-18-12(2)8-16(22)10-14(4)20/h5-10H2,1-4H3. The Morgan fingerprint density at radius 2 is 0.909 bits per heavy atom. The van der Waals surface area contributed by atoms with Gasteiger partial charge in [0.15, 0.2) is 0 Å². The van der Waals surface area contributed by atoms with Crippen LogP contribution in [0.2, 0.25) is 0 Å². The monoisotopic (exact) mass is 308 g/mol. The highest BCUT2D eigenvalue weighted by atomic mass is 16.2. The van der Waals surface area contributed by atoms with Crippen LogP contribution in [0.3, 0.4) is 0 Å². The molecular formula is C16H24N2O4. The van der Waals surface area contributed by atoms with Crippen molar-refractivity contribution in [2.45, 2.75) is 53.4 Å². The molecular weight excluding hydrogens is 284 g/mol. The van der Waals surface area contributed by atoms with Gasteiger partial charge in [0.1, 0.15) is 23.1 Å². The molecule has 0 aliphatic heterocycles. The van der Waals surface area contributed by atoms with E-state index < -0.39 is 0 Å². The SMILES string of the molecule is CC(=O)CC(=O)CC(C)=NCCN=C(C)CC(=O)CC(C)=O. The minimum Gasteiger partial charge on any atom is -0.300 e. The van der Waals surface area contributed by atoms with E-state index in [1.54, 1.807) is 13.8 Å². The van der Waals surface area contributed by atoms with Gasteiger partial charge in [-0.25, -0.2) is 0 Å². The molecule has 0 amide bonds. The molecule has 0 aromatic heterocycles. The summed E-state index contributed by atoms with van der Waals surface area (Å²) in [5.74, 6) is -0.562. The second-order valence-corrected chi connectivity index (χ2v) is 5.42. The van der Waals surface area contributed by atoms with Gasteiger partial charge in [-0.2, -0.15) is 0 Å². The van der Waals surface area contributed by atoms with Gasteiger partial charge >= 0.3 is 0 Å². The lowest BCUT2D eigenvalue weighted by molar-refractivity contribution is -0.126. The number of hydrogen-bond donors (Lipinski definition) is 0. The van der Waals surface area contributed by atoms with Crippen molar-refractivity contribution in [3.63, 3.8) is 0 Å². The van der Waals surface area contributed by atoms with E-state index in [1.807, 2.05) is 0 Å². The first kappa shape index (κ1) is 20.0. The third-order valence-electron chi connectivity index (χ3n) is 2.66. The van der Waals surface area contributed by atoms with Gasteiger partial charge in [-0.1, -0.05) is 0 Å². The Morgan fingerprint density at radius 3 is 1.18 bits per heavy atom. The van der Waals surface area contributed by atoms with Gasteiger partial charge in [0.2, 0.25) is 0 Å². The van der Waals surface area contributed by atoms with Crippen LogP contribution in [0.5, 0.6) is 0 Å². The Balaban J connectivity index is 4.12. The van der Waals surface area contributed by atoms with E-state index in [1.165, 1.54) is 13.8 Å². The molecule has 0 aromatic carbocycles. The Morgan fingerprint density at radius 1 is 0.591 bits per heavy atom. The lowest BCUT2D eigenvalue weighted by Crippen LogP contribution is -2.10. The molecule has 0 spiro atoms. The average Bonchev–Trinajstić information content (AvgIpc) is 2.32. The molecule has 0 aliphatic carbocycles. The normalized spacial score (nSPS) is 12.2. The van der Waals surface area contributed by atoms with Crippen LogP contribution in [0, 0.1) is 0 Å². The van der Waals surface area contributed by atoms with Crippen molar-refractivity contribution in [2.24, 2.45) is 9.98 Å². The molecule has 22 heavy (non-hydrogen) atoms. The Hall–Kier alpha value is -1.98. The Bertz CT molecular complexity index is 458. The molecule has 0 atom stereocenters.